The Morgan fingerprint density at radius 2 is 1.83 bits per heavy atom. The summed E-state index contributed by atoms with van der Waals surface area (Å²) < 4.78 is 27.7. The smallest absolute Gasteiger partial charge is 0.264 e. The van der Waals surface area contributed by atoms with E-state index >= 15 is 0 Å². The van der Waals surface area contributed by atoms with Crippen LogP contribution in [-0.4, -0.2) is 20.9 Å². The molecule has 2 aromatic rings. The van der Waals surface area contributed by atoms with E-state index in [2.05, 4.69) is 5.32 Å². The van der Waals surface area contributed by atoms with Gasteiger partial charge in [0.2, 0.25) is 5.91 Å². The van der Waals surface area contributed by atoms with Crippen LogP contribution in [0.4, 0.5) is 11.4 Å². The summed E-state index contributed by atoms with van der Waals surface area (Å²) in [7, 11) is -3.73. The molecule has 1 heterocycles. The number of para-hydroxylation sites is 2. The van der Waals surface area contributed by atoms with Crippen molar-refractivity contribution >= 4 is 27.3 Å². The van der Waals surface area contributed by atoms with Gasteiger partial charge in [0.25, 0.3) is 10.0 Å². The first-order chi connectivity index (χ1) is 10.9. The molecule has 1 N–H and O–H groups in total. The molecule has 6 heteroatoms. The highest BCUT2D eigenvalue weighted by molar-refractivity contribution is 7.93. The van der Waals surface area contributed by atoms with Crippen molar-refractivity contribution in [2.75, 3.05) is 16.2 Å². The van der Waals surface area contributed by atoms with Crippen LogP contribution in [-0.2, 0) is 14.8 Å². The number of sulfonamides is 1. The van der Waals surface area contributed by atoms with Crippen molar-refractivity contribution in [1.82, 2.24) is 0 Å². The van der Waals surface area contributed by atoms with Crippen LogP contribution in [0.15, 0.2) is 47.4 Å². The van der Waals surface area contributed by atoms with Gasteiger partial charge in [-0.15, -0.1) is 0 Å². The summed E-state index contributed by atoms with van der Waals surface area (Å²) in [6, 6.07) is 12.3. The topological polar surface area (TPSA) is 66.5 Å². The molecule has 0 saturated carbocycles. The largest absolute Gasteiger partial charge is 0.324 e. The van der Waals surface area contributed by atoms with Crippen LogP contribution in [0.3, 0.4) is 0 Å². The van der Waals surface area contributed by atoms with Gasteiger partial charge >= 0.3 is 0 Å². The van der Waals surface area contributed by atoms with E-state index in [4.69, 9.17) is 0 Å². The van der Waals surface area contributed by atoms with Gasteiger partial charge in [-0.25, -0.2) is 8.42 Å². The zero-order chi connectivity index (χ0) is 16.6. The number of anilines is 2. The van der Waals surface area contributed by atoms with Crippen LogP contribution in [0.25, 0.3) is 0 Å². The minimum absolute atomic E-state index is 0.124. The molecule has 0 spiro atoms. The molecule has 0 radical (unpaired) electrons. The average Bonchev–Trinajstić information content (AvgIpc) is 2.68. The molecule has 0 unspecified atom stereocenters. The Hall–Kier alpha value is -2.34. The fourth-order valence-corrected chi connectivity index (χ4v) is 4.48. The molecule has 0 bridgehead atoms. The van der Waals surface area contributed by atoms with Crippen molar-refractivity contribution in [3.05, 3.63) is 53.6 Å². The molecule has 0 aromatic heterocycles. The maximum absolute atomic E-state index is 13.2. The second-order valence-electron chi connectivity index (χ2n) is 5.66. The first-order valence-corrected chi connectivity index (χ1v) is 8.82. The summed E-state index contributed by atoms with van der Waals surface area (Å²) in [6.45, 7) is 3.76. The number of aryl methyl sites for hydroxylation is 2. The zero-order valence-corrected chi connectivity index (χ0v) is 13.9. The number of nitrogens with one attached hydrogen (secondary N) is 1. The van der Waals surface area contributed by atoms with E-state index in [1.807, 2.05) is 13.0 Å². The lowest BCUT2D eigenvalue weighted by Crippen LogP contribution is -2.32. The second-order valence-corrected chi connectivity index (χ2v) is 7.49. The van der Waals surface area contributed by atoms with Crippen molar-refractivity contribution in [2.45, 2.75) is 25.2 Å². The maximum Gasteiger partial charge on any atom is 0.264 e. The first-order valence-electron chi connectivity index (χ1n) is 7.38. The van der Waals surface area contributed by atoms with Gasteiger partial charge in [0, 0.05) is 13.0 Å². The van der Waals surface area contributed by atoms with E-state index in [1.54, 1.807) is 43.3 Å². The standard InChI is InChI=1S/C17H18N2O3S/c1-12-7-8-13(2)16(11-12)23(21,22)19-10-9-17(20)18-14-5-3-4-6-15(14)19/h3-8,11H,9-10H2,1-2H3,(H,18,20). The number of carbonyl (C=O) groups is 1. The Morgan fingerprint density at radius 1 is 1.09 bits per heavy atom. The molecule has 0 aliphatic carbocycles. The third-order valence-electron chi connectivity index (χ3n) is 3.90. The molecule has 0 saturated heterocycles. The number of carbonyl (C=O) groups excluding carboxylic acids is 1. The summed E-state index contributed by atoms with van der Waals surface area (Å²) in [6.07, 6.45) is 0.124. The third-order valence-corrected chi connectivity index (χ3v) is 5.86. The minimum atomic E-state index is -3.73. The predicted octanol–water partition coefficient (Wildman–Crippen LogP) is 2.84. The number of rotatable bonds is 2. The van der Waals surface area contributed by atoms with E-state index in [1.165, 1.54) is 4.31 Å². The highest BCUT2D eigenvalue weighted by Gasteiger charge is 2.30. The molecule has 1 amide bonds. The van der Waals surface area contributed by atoms with Crippen molar-refractivity contribution in [2.24, 2.45) is 0 Å². The van der Waals surface area contributed by atoms with Crippen LogP contribution >= 0.6 is 0 Å². The van der Waals surface area contributed by atoms with Crippen LogP contribution < -0.4 is 9.62 Å². The monoisotopic (exact) mass is 330 g/mol. The van der Waals surface area contributed by atoms with E-state index in [0.717, 1.165) is 5.56 Å². The van der Waals surface area contributed by atoms with Gasteiger partial charge in [0.1, 0.15) is 0 Å². The Morgan fingerprint density at radius 3 is 2.61 bits per heavy atom. The summed E-state index contributed by atoms with van der Waals surface area (Å²) >= 11 is 0. The van der Waals surface area contributed by atoms with Crippen LogP contribution in [0.2, 0.25) is 0 Å². The lowest BCUT2D eigenvalue weighted by atomic mass is 10.2. The highest BCUT2D eigenvalue weighted by Crippen LogP contribution is 2.33. The number of hydrogen-bond acceptors (Lipinski definition) is 3. The molecular formula is C17H18N2O3S. The predicted molar refractivity (Wildman–Crippen MR) is 90.1 cm³/mol. The minimum Gasteiger partial charge on any atom is -0.324 e. The Labute approximate surface area is 136 Å². The summed E-state index contributed by atoms with van der Waals surface area (Å²) in [4.78, 5) is 12.1. The van der Waals surface area contributed by atoms with Crippen molar-refractivity contribution in [1.29, 1.82) is 0 Å². The molecule has 5 nitrogen and oxygen atoms in total. The van der Waals surface area contributed by atoms with Gasteiger partial charge in [-0.1, -0.05) is 24.3 Å². The van der Waals surface area contributed by atoms with E-state index < -0.39 is 10.0 Å². The lowest BCUT2D eigenvalue weighted by molar-refractivity contribution is -0.115. The van der Waals surface area contributed by atoms with E-state index in [0.29, 0.717) is 16.9 Å². The Bertz CT molecular complexity index is 875. The molecular weight excluding hydrogens is 312 g/mol. The van der Waals surface area contributed by atoms with Gasteiger partial charge in [0.15, 0.2) is 0 Å². The number of amides is 1. The van der Waals surface area contributed by atoms with Crippen molar-refractivity contribution in [3.8, 4) is 0 Å². The Balaban J connectivity index is 2.17. The number of hydrogen-bond donors (Lipinski definition) is 1. The average molecular weight is 330 g/mol. The lowest BCUT2D eigenvalue weighted by Gasteiger charge is -2.24. The van der Waals surface area contributed by atoms with Crippen molar-refractivity contribution < 1.29 is 13.2 Å². The molecule has 3 rings (SSSR count). The normalized spacial score (nSPS) is 14.9. The van der Waals surface area contributed by atoms with Crippen LogP contribution in [0.1, 0.15) is 17.5 Å². The Kier molecular flexibility index (Phi) is 3.85. The molecule has 23 heavy (non-hydrogen) atoms. The van der Waals surface area contributed by atoms with Gasteiger partial charge in [-0.05, 0) is 43.2 Å². The molecule has 120 valence electrons. The van der Waals surface area contributed by atoms with Gasteiger partial charge in [-0.2, -0.15) is 0 Å². The van der Waals surface area contributed by atoms with Gasteiger partial charge in [0.05, 0.1) is 16.3 Å². The summed E-state index contributed by atoms with van der Waals surface area (Å²) in [5.74, 6) is -0.184. The van der Waals surface area contributed by atoms with Gasteiger partial charge in [-0.3, -0.25) is 9.10 Å². The first kappa shape index (κ1) is 15.6. The fraction of sp³-hybridized carbons (Fsp3) is 0.235. The summed E-state index contributed by atoms with van der Waals surface area (Å²) in [5.41, 5.74) is 2.59. The summed E-state index contributed by atoms with van der Waals surface area (Å²) in [5, 5.41) is 2.76. The van der Waals surface area contributed by atoms with E-state index in [-0.39, 0.29) is 23.8 Å². The van der Waals surface area contributed by atoms with Crippen LogP contribution in [0, 0.1) is 13.8 Å². The zero-order valence-electron chi connectivity index (χ0n) is 13.0. The van der Waals surface area contributed by atoms with Gasteiger partial charge < -0.3 is 5.32 Å². The molecule has 0 atom stereocenters. The maximum atomic E-state index is 13.2. The van der Waals surface area contributed by atoms with Crippen LogP contribution in [0.5, 0.6) is 0 Å². The fourth-order valence-electron chi connectivity index (χ4n) is 2.69. The third kappa shape index (κ3) is 2.82. The molecule has 1 aliphatic heterocycles. The SMILES string of the molecule is Cc1ccc(C)c(S(=O)(=O)N2CCC(=O)Nc3ccccc32)c1. The molecule has 0 fully saturated rings. The molecule has 2 aromatic carbocycles. The van der Waals surface area contributed by atoms with Crippen molar-refractivity contribution in [3.63, 3.8) is 0 Å². The quantitative estimate of drug-likeness (QED) is 0.921. The number of benzene rings is 2. The second kappa shape index (κ2) is 5.70. The molecule has 1 aliphatic rings. The number of fused-ring (bicyclic) bond motifs is 1. The highest BCUT2D eigenvalue weighted by atomic mass is 32.2. The number of nitrogens with zero attached hydrogens (tertiary/aromatic N) is 1. The van der Waals surface area contributed by atoms with E-state index in [9.17, 15) is 13.2 Å².